The Morgan fingerprint density at radius 3 is 1.61 bits per heavy atom. The maximum atomic E-state index is 15.7. The van der Waals surface area contributed by atoms with Gasteiger partial charge in [0.1, 0.15) is 26.5 Å². The number of benzene rings is 1. The van der Waals surface area contributed by atoms with Gasteiger partial charge in [-0.1, -0.05) is 94.9 Å². The third kappa shape index (κ3) is 7.87. The van der Waals surface area contributed by atoms with Crippen LogP contribution in [0.15, 0.2) is 0 Å². The highest BCUT2D eigenvalue weighted by atomic mass is 28.4. The van der Waals surface area contributed by atoms with Crippen LogP contribution in [0, 0.1) is 23.3 Å². The number of hydrogen-bond acceptors (Lipinski definition) is 2. The third-order valence-corrected chi connectivity index (χ3v) is 31.6. The molecule has 5 atom stereocenters. The molecule has 5 unspecified atom stereocenters. The van der Waals surface area contributed by atoms with Crippen LogP contribution in [0.5, 0.6) is 5.75 Å². The predicted octanol–water partition coefficient (Wildman–Crippen LogP) is 7.87. The molecule has 14 heteroatoms. The van der Waals surface area contributed by atoms with Crippen molar-refractivity contribution in [1.29, 1.82) is 0 Å². The largest absolute Gasteiger partial charge is 0.503 e. The van der Waals surface area contributed by atoms with E-state index in [0.717, 1.165) is 5.67 Å². The zero-order valence-electron chi connectivity index (χ0n) is 25.1. The molecule has 0 amide bonds. The van der Waals surface area contributed by atoms with E-state index in [4.69, 9.17) is 0 Å². The number of alkyl halides is 4. The van der Waals surface area contributed by atoms with E-state index in [0.29, 0.717) is 12.5 Å². The molecule has 0 aromatic heterocycles. The number of aliphatic hydroxyl groups is 1. The molecule has 0 spiro atoms. The van der Waals surface area contributed by atoms with Gasteiger partial charge in [0.05, 0.1) is 0 Å². The van der Waals surface area contributed by atoms with Gasteiger partial charge in [-0.25, -0.2) is 26.3 Å². The Labute approximate surface area is 243 Å². The minimum absolute atomic E-state index is 0.140. The maximum Gasteiger partial charge on any atom is 0.203 e. The van der Waals surface area contributed by atoms with Gasteiger partial charge in [0.25, 0.3) is 0 Å². The Bertz CT molecular complexity index is 1000. The summed E-state index contributed by atoms with van der Waals surface area (Å²) in [5.74, 6) is -10.1. The zero-order chi connectivity index (χ0) is 31.7. The van der Waals surface area contributed by atoms with Gasteiger partial charge in [0.2, 0.25) is 11.6 Å². The number of phenols is 1. The average Bonchev–Trinajstić information content (AvgIpc) is 2.85. The van der Waals surface area contributed by atoms with Crippen molar-refractivity contribution in [1.82, 2.24) is 0 Å². The van der Waals surface area contributed by atoms with Crippen molar-refractivity contribution in [3.05, 3.63) is 23.3 Å². The summed E-state index contributed by atoms with van der Waals surface area (Å²) in [6, 6.07) is 0.0731. The third-order valence-electron chi connectivity index (χ3n) is 8.69. The van der Waals surface area contributed by atoms with Crippen molar-refractivity contribution in [2.24, 2.45) is 0 Å². The second kappa shape index (κ2) is 13.9. The summed E-state index contributed by atoms with van der Waals surface area (Å²) in [5.41, 5.74) is 0.0396. The van der Waals surface area contributed by atoms with Crippen LogP contribution in [-0.2, 0) is 0 Å². The van der Waals surface area contributed by atoms with Crippen LogP contribution < -0.4 is 5.19 Å². The molecule has 0 radical (unpaired) electrons. The van der Waals surface area contributed by atoms with Crippen LogP contribution in [0.1, 0.15) is 26.2 Å². The number of phenolic OH excluding ortho intramolecular Hbond substituents is 1. The van der Waals surface area contributed by atoms with E-state index in [2.05, 4.69) is 39.3 Å². The van der Waals surface area contributed by atoms with E-state index in [1.54, 1.807) is 6.92 Å². The van der Waals surface area contributed by atoms with E-state index in [9.17, 15) is 27.8 Å². The van der Waals surface area contributed by atoms with Crippen LogP contribution in [0.2, 0.25) is 74.3 Å². The minimum Gasteiger partial charge on any atom is -0.503 e. The molecule has 1 aromatic carbocycles. The van der Waals surface area contributed by atoms with Gasteiger partial charge in [-0.2, -0.15) is 8.78 Å². The fourth-order valence-electron chi connectivity index (χ4n) is 7.60. The number of aromatic hydroxyl groups is 1. The van der Waals surface area contributed by atoms with Gasteiger partial charge >= 0.3 is 0 Å². The lowest BCUT2D eigenvalue weighted by Crippen LogP contribution is -2.66. The molecular formula is C27H46F8O2Si4. The smallest absolute Gasteiger partial charge is 0.203 e. The summed E-state index contributed by atoms with van der Waals surface area (Å²) < 4.78 is 122. The highest BCUT2D eigenvalue weighted by Crippen LogP contribution is 2.49. The first-order valence-electron chi connectivity index (χ1n) is 14.5. The Balaban J connectivity index is 2.70. The molecule has 2 nitrogen and oxygen atoms in total. The quantitative estimate of drug-likeness (QED) is 0.128. The number of rotatable bonds is 13. The molecule has 1 aliphatic rings. The monoisotopic (exact) mass is 666 g/mol. The molecule has 2 N–H and O–H groups in total. The summed E-state index contributed by atoms with van der Waals surface area (Å²) in [4.78, 5) is 0. The number of aliphatic hydroxyl groups excluding tert-OH is 1. The van der Waals surface area contributed by atoms with Gasteiger partial charge in [-0.05, 0) is 0 Å². The molecule has 1 fully saturated rings. The van der Waals surface area contributed by atoms with Gasteiger partial charge in [0.15, 0.2) is 29.7 Å². The fraction of sp³-hybridized carbons (Fsp3) is 0.778. The lowest BCUT2D eigenvalue weighted by molar-refractivity contribution is -0.0888. The SMILES string of the molecule is CCCC[Si](CCC[Si](C)(C)C[Si](C)(C)C[SiH](C)C)(c1c(F)c(F)c(O)c(F)c1F)C1C(F)C(F)C(O)C(F)C1F. The number of unbranched alkanes of at least 4 members (excludes halogenated alkanes) is 1. The molecule has 0 aliphatic heterocycles. The van der Waals surface area contributed by atoms with Crippen molar-refractivity contribution in [3.63, 3.8) is 0 Å². The summed E-state index contributed by atoms with van der Waals surface area (Å²) in [6.45, 7) is 15.2. The highest BCUT2D eigenvalue weighted by molar-refractivity contribution is 6.99. The van der Waals surface area contributed by atoms with Crippen LogP contribution in [0.4, 0.5) is 35.1 Å². The van der Waals surface area contributed by atoms with Crippen molar-refractivity contribution in [2.75, 3.05) is 0 Å². The van der Waals surface area contributed by atoms with E-state index in [-0.39, 0.29) is 24.9 Å². The fourth-order valence-corrected chi connectivity index (χ4v) is 37.1. The van der Waals surface area contributed by atoms with Crippen molar-refractivity contribution in [3.8, 4) is 5.75 Å². The molecule has 41 heavy (non-hydrogen) atoms. The minimum atomic E-state index is -4.53. The molecule has 0 heterocycles. The molecule has 2 rings (SSSR count). The first-order valence-corrected chi connectivity index (χ1v) is 27.0. The second-order valence-electron chi connectivity index (χ2n) is 14.0. The van der Waals surface area contributed by atoms with E-state index in [1.807, 2.05) is 0 Å². The van der Waals surface area contributed by atoms with Gasteiger partial charge in [-0.3, -0.25) is 0 Å². The molecular weight excluding hydrogens is 621 g/mol. The van der Waals surface area contributed by atoms with Crippen molar-refractivity contribution >= 4 is 38.2 Å². The van der Waals surface area contributed by atoms with Crippen LogP contribution in [-0.4, -0.2) is 74.0 Å². The normalized spacial score (nSPS) is 27.3. The van der Waals surface area contributed by atoms with Gasteiger partial charge in [-0.15, -0.1) is 0 Å². The summed E-state index contributed by atoms with van der Waals surface area (Å²) in [5, 5.41) is 18.2. The molecule has 0 saturated heterocycles. The number of hydrogen-bond donors (Lipinski definition) is 2. The number of halogens is 8. The summed E-state index contributed by atoms with van der Waals surface area (Å²) >= 11 is 0. The van der Waals surface area contributed by atoms with Gasteiger partial charge in [0, 0.05) is 35.7 Å². The average molecular weight is 667 g/mol. The topological polar surface area (TPSA) is 40.5 Å². The second-order valence-corrected chi connectivity index (χ2v) is 33.5. The molecule has 1 saturated carbocycles. The van der Waals surface area contributed by atoms with Crippen molar-refractivity contribution < 1.29 is 45.3 Å². The summed E-state index contributed by atoms with van der Waals surface area (Å²) in [7, 11) is -8.88. The first-order chi connectivity index (χ1) is 18.7. The predicted molar refractivity (Wildman–Crippen MR) is 160 cm³/mol. The van der Waals surface area contributed by atoms with E-state index >= 15 is 17.6 Å². The summed E-state index contributed by atoms with van der Waals surface area (Å²) in [6.07, 6.45) is -13.3. The first kappa shape index (κ1) is 36.5. The molecule has 238 valence electrons. The Morgan fingerprint density at radius 2 is 1.17 bits per heavy atom. The highest BCUT2D eigenvalue weighted by Gasteiger charge is 2.62. The van der Waals surface area contributed by atoms with E-state index < -0.39 is 104 Å². The lowest BCUT2D eigenvalue weighted by Gasteiger charge is -2.48. The molecule has 1 aliphatic carbocycles. The van der Waals surface area contributed by atoms with Gasteiger partial charge < -0.3 is 10.2 Å². The Kier molecular flexibility index (Phi) is 12.4. The van der Waals surface area contributed by atoms with Crippen LogP contribution in [0.25, 0.3) is 0 Å². The Hall–Kier alpha value is -0.712. The maximum absolute atomic E-state index is 15.7. The van der Waals surface area contributed by atoms with Crippen LogP contribution in [0.3, 0.4) is 0 Å². The lowest BCUT2D eigenvalue weighted by atomic mass is 9.90. The molecule has 0 bridgehead atoms. The zero-order valence-corrected chi connectivity index (χ0v) is 29.3. The van der Waals surface area contributed by atoms with Crippen molar-refractivity contribution in [2.45, 2.75) is 131 Å². The standard InChI is InChI=1S/C27H46F8O2Si4/c1-8-9-12-41(26-20(32)16(28)24(36)17(29)21(26)33,27-22(34)18(30)25(37)19(31)23(27)35)13-10-11-39(4,5)15-40(6,7)14-38(2)3/h16-17,20-21,24,26,36-38H,8-15H2,1-7H3. The van der Waals surface area contributed by atoms with E-state index in [1.165, 1.54) is 5.67 Å². The Morgan fingerprint density at radius 1 is 0.707 bits per heavy atom. The molecule has 1 aromatic rings. The van der Waals surface area contributed by atoms with Crippen LogP contribution >= 0.6 is 0 Å².